The maximum atomic E-state index is 12.4. The number of hydrogen-bond acceptors (Lipinski definition) is 3. The van der Waals surface area contributed by atoms with Crippen LogP contribution >= 0.6 is 0 Å². The Kier molecular flexibility index (Phi) is 6.16. The van der Waals surface area contributed by atoms with Gasteiger partial charge in [-0.05, 0) is 44.4 Å². The third-order valence-corrected chi connectivity index (χ3v) is 4.23. The van der Waals surface area contributed by atoms with Crippen molar-refractivity contribution in [3.63, 3.8) is 0 Å². The number of nitrogens with one attached hydrogen (secondary N) is 3. The van der Waals surface area contributed by atoms with Gasteiger partial charge in [0, 0.05) is 18.2 Å². The second-order valence-electron chi connectivity index (χ2n) is 6.60. The highest BCUT2D eigenvalue weighted by atomic mass is 16.2. The third-order valence-electron chi connectivity index (χ3n) is 4.23. The molecule has 2 rings (SSSR count). The molecule has 1 saturated heterocycles. The van der Waals surface area contributed by atoms with E-state index in [-0.39, 0.29) is 17.7 Å². The zero-order valence-electron chi connectivity index (χ0n) is 14.2. The van der Waals surface area contributed by atoms with Gasteiger partial charge >= 0.3 is 0 Å². The molecule has 126 valence electrons. The van der Waals surface area contributed by atoms with Gasteiger partial charge in [0.25, 0.3) is 5.91 Å². The molecule has 1 aromatic carbocycles. The van der Waals surface area contributed by atoms with Crippen LogP contribution in [-0.4, -0.2) is 37.0 Å². The molecule has 0 aromatic heterocycles. The summed E-state index contributed by atoms with van der Waals surface area (Å²) in [6.07, 6.45) is 2.24. The van der Waals surface area contributed by atoms with Gasteiger partial charge in [-0.15, -0.1) is 0 Å². The molecular weight excluding hydrogens is 290 g/mol. The van der Waals surface area contributed by atoms with E-state index < -0.39 is 6.04 Å². The Morgan fingerprint density at radius 1 is 1.26 bits per heavy atom. The largest absolute Gasteiger partial charge is 0.353 e. The number of aryl methyl sites for hydroxylation is 1. The van der Waals surface area contributed by atoms with Crippen molar-refractivity contribution in [2.45, 2.75) is 45.7 Å². The third kappa shape index (κ3) is 5.06. The number of amides is 2. The number of carbonyl (C=O) groups excluding carboxylic acids is 2. The van der Waals surface area contributed by atoms with Crippen molar-refractivity contribution < 1.29 is 9.59 Å². The molecule has 0 radical (unpaired) electrons. The van der Waals surface area contributed by atoms with E-state index in [1.807, 2.05) is 32.9 Å². The highest BCUT2D eigenvalue weighted by molar-refractivity contribution is 5.97. The van der Waals surface area contributed by atoms with Crippen molar-refractivity contribution >= 4 is 11.8 Å². The van der Waals surface area contributed by atoms with Crippen LogP contribution in [0.4, 0.5) is 0 Å². The zero-order valence-corrected chi connectivity index (χ0v) is 14.2. The van der Waals surface area contributed by atoms with Crippen LogP contribution in [0.5, 0.6) is 0 Å². The minimum absolute atomic E-state index is 0.0286. The highest BCUT2D eigenvalue weighted by Crippen LogP contribution is 2.08. The van der Waals surface area contributed by atoms with E-state index in [4.69, 9.17) is 0 Å². The number of hydrogen-bond donors (Lipinski definition) is 3. The summed E-state index contributed by atoms with van der Waals surface area (Å²) in [6, 6.07) is 7.17. The van der Waals surface area contributed by atoms with Crippen LogP contribution in [0.3, 0.4) is 0 Å². The lowest BCUT2D eigenvalue weighted by atomic mass is 10.0. The summed E-state index contributed by atoms with van der Waals surface area (Å²) < 4.78 is 0. The Labute approximate surface area is 138 Å². The smallest absolute Gasteiger partial charge is 0.251 e. The summed E-state index contributed by atoms with van der Waals surface area (Å²) in [5.74, 6) is -0.298. The molecule has 2 amide bonds. The Balaban J connectivity index is 1.92. The Morgan fingerprint density at radius 3 is 2.52 bits per heavy atom. The van der Waals surface area contributed by atoms with Gasteiger partial charge in [-0.3, -0.25) is 9.59 Å². The van der Waals surface area contributed by atoms with Crippen LogP contribution in [0.15, 0.2) is 24.3 Å². The molecule has 5 nitrogen and oxygen atoms in total. The minimum atomic E-state index is -0.523. The lowest BCUT2D eigenvalue weighted by Gasteiger charge is -2.23. The highest BCUT2D eigenvalue weighted by Gasteiger charge is 2.25. The SMILES string of the molecule is Cc1ccc(C(=O)NC(C(=O)NCC2CCCN2)C(C)C)cc1. The van der Waals surface area contributed by atoms with E-state index in [2.05, 4.69) is 16.0 Å². The monoisotopic (exact) mass is 317 g/mol. The predicted octanol–water partition coefficient (Wildman–Crippen LogP) is 1.62. The van der Waals surface area contributed by atoms with Gasteiger partial charge in [0.15, 0.2) is 0 Å². The van der Waals surface area contributed by atoms with Gasteiger partial charge in [-0.2, -0.15) is 0 Å². The normalized spacial score (nSPS) is 18.7. The molecule has 1 fully saturated rings. The van der Waals surface area contributed by atoms with Crippen LogP contribution in [0.1, 0.15) is 42.6 Å². The Morgan fingerprint density at radius 2 is 1.96 bits per heavy atom. The Bertz CT molecular complexity index is 534. The van der Waals surface area contributed by atoms with Crippen LogP contribution in [0, 0.1) is 12.8 Å². The fourth-order valence-electron chi connectivity index (χ4n) is 2.73. The molecule has 1 heterocycles. The molecule has 0 saturated carbocycles. The van der Waals surface area contributed by atoms with E-state index in [1.54, 1.807) is 12.1 Å². The van der Waals surface area contributed by atoms with Crippen molar-refractivity contribution in [3.05, 3.63) is 35.4 Å². The first-order valence-electron chi connectivity index (χ1n) is 8.36. The summed E-state index contributed by atoms with van der Waals surface area (Å²) in [5, 5.41) is 9.16. The van der Waals surface area contributed by atoms with Gasteiger partial charge in [-0.25, -0.2) is 0 Å². The summed E-state index contributed by atoms with van der Waals surface area (Å²) in [4.78, 5) is 24.7. The molecule has 0 aliphatic carbocycles. The topological polar surface area (TPSA) is 70.2 Å². The molecule has 2 atom stereocenters. The molecule has 5 heteroatoms. The van der Waals surface area contributed by atoms with Crippen molar-refractivity contribution in [2.75, 3.05) is 13.1 Å². The van der Waals surface area contributed by atoms with Gasteiger partial charge in [-0.1, -0.05) is 31.5 Å². The lowest BCUT2D eigenvalue weighted by molar-refractivity contribution is -0.124. The fraction of sp³-hybridized carbons (Fsp3) is 0.556. The van der Waals surface area contributed by atoms with Crippen LogP contribution in [0.2, 0.25) is 0 Å². The maximum absolute atomic E-state index is 12.4. The van der Waals surface area contributed by atoms with Crippen molar-refractivity contribution in [3.8, 4) is 0 Å². The average Bonchev–Trinajstić information content (AvgIpc) is 3.03. The number of carbonyl (C=O) groups is 2. The molecular formula is C18H27N3O2. The molecule has 23 heavy (non-hydrogen) atoms. The molecule has 0 bridgehead atoms. The summed E-state index contributed by atoms with van der Waals surface area (Å²) in [6.45, 7) is 7.48. The first kappa shape index (κ1) is 17.5. The standard InChI is InChI=1S/C18H27N3O2/c1-12(2)16(18(23)20-11-15-5-4-10-19-15)21-17(22)14-8-6-13(3)7-9-14/h6-9,12,15-16,19H,4-5,10-11H2,1-3H3,(H,20,23)(H,21,22). The number of benzene rings is 1. The second kappa shape index (κ2) is 8.11. The van der Waals surface area contributed by atoms with Gasteiger partial charge in [0.1, 0.15) is 6.04 Å². The van der Waals surface area contributed by atoms with E-state index in [9.17, 15) is 9.59 Å². The van der Waals surface area contributed by atoms with Gasteiger partial charge in [0.2, 0.25) is 5.91 Å². The van der Waals surface area contributed by atoms with Gasteiger partial charge < -0.3 is 16.0 Å². The van der Waals surface area contributed by atoms with Crippen LogP contribution in [-0.2, 0) is 4.79 Å². The van der Waals surface area contributed by atoms with Crippen LogP contribution in [0.25, 0.3) is 0 Å². The predicted molar refractivity (Wildman–Crippen MR) is 91.3 cm³/mol. The molecule has 1 aromatic rings. The molecule has 1 aliphatic rings. The minimum Gasteiger partial charge on any atom is -0.353 e. The van der Waals surface area contributed by atoms with Crippen molar-refractivity contribution in [1.29, 1.82) is 0 Å². The van der Waals surface area contributed by atoms with Crippen LogP contribution < -0.4 is 16.0 Å². The first-order valence-corrected chi connectivity index (χ1v) is 8.36. The number of rotatable bonds is 6. The van der Waals surface area contributed by atoms with Gasteiger partial charge in [0.05, 0.1) is 0 Å². The molecule has 3 N–H and O–H groups in total. The summed E-state index contributed by atoms with van der Waals surface area (Å²) in [7, 11) is 0. The molecule has 2 unspecified atom stereocenters. The summed E-state index contributed by atoms with van der Waals surface area (Å²) in [5.41, 5.74) is 1.68. The first-order chi connectivity index (χ1) is 11.0. The second-order valence-corrected chi connectivity index (χ2v) is 6.60. The van der Waals surface area contributed by atoms with E-state index in [1.165, 1.54) is 0 Å². The van der Waals surface area contributed by atoms with Crippen molar-refractivity contribution in [2.24, 2.45) is 5.92 Å². The lowest BCUT2D eigenvalue weighted by Crippen LogP contribution is -2.51. The van der Waals surface area contributed by atoms with Crippen molar-refractivity contribution in [1.82, 2.24) is 16.0 Å². The van der Waals surface area contributed by atoms with E-state index in [0.29, 0.717) is 18.2 Å². The maximum Gasteiger partial charge on any atom is 0.251 e. The molecule has 0 spiro atoms. The van der Waals surface area contributed by atoms with E-state index in [0.717, 1.165) is 24.9 Å². The molecule has 1 aliphatic heterocycles. The Hall–Kier alpha value is -1.88. The zero-order chi connectivity index (χ0) is 16.8. The van der Waals surface area contributed by atoms with E-state index >= 15 is 0 Å². The summed E-state index contributed by atoms with van der Waals surface area (Å²) >= 11 is 0. The fourth-order valence-corrected chi connectivity index (χ4v) is 2.73. The average molecular weight is 317 g/mol. The quantitative estimate of drug-likeness (QED) is 0.747.